The highest BCUT2D eigenvalue weighted by molar-refractivity contribution is 6.31. The molecule has 1 N–H and O–H groups in total. The van der Waals surface area contributed by atoms with Crippen LogP contribution in [-0.2, 0) is 6.42 Å². The molecule has 0 radical (unpaired) electrons. The summed E-state index contributed by atoms with van der Waals surface area (Å²) in [5, 5.41) is 5.31. The number of fused-ring (bicyclic) bond motifs is 1. The summed E-state index contributed by atoms with van der Waals surface area (Å²) < 4.78 is 5.77. The van der Waals surface area contributed by atoms with Gasteiger partial charge in [0.2, 0.25) is 0 Å². The van der Waals surface area contributed by atoms with Gasteiger partial charge in [0, 0.05) is 22.4 Å². The number of benzene rings is 1. The van der Waals surface area contributed by atoms with Gasteiger partial charge >= 0.3 is 0 Å². The minimum atomic E-state index is 0.182. The van der Waals surface area contributed by atoms with Crippen molar-refractivity contribution >= 4 is 22.6 Å². The molecule has 2 rings (SSSR count). The van der Waals surface area contributed by atoms with Crippen LogP contribution in [0.25, 0.3) is 11.0 Å². The van der Waals surface area contributed by atoms with E-state index in [1.165, 1.54) is 0 Å². The molecule has 0 spiro atoms. The van der Waals surface area contributed by atoms with Crippen molar-refractivity contribution in [3.8, 4) is 0 Å². The van der Waals surface area contributed by atoms with Crippen LogP contribution < -0.4 is 5.32 Å². The molecule has 1 heterocycles. The maximum absolute atomic E-state index is 5.95. The van der Waals surface area contributed by atoms with Crippen LogP contribution in [0, 0.1) is 0 Å². The van der Waals surface area contributed by atoms with Crippen molar-refractivity contribution in [3.05, 3.63) is 35.0 Å². The molecule has 0 aliphatic heterocycles. The third-order valence-electron chi connectivity index (χ3n) is 2.78. The van der Waals surface area contributed by atoms with Crippen LogP contribution in [0.1, 0.15) is 33.0 Å². The topological polar surface area (TPSA) is 25.2 Å². The standard InChI is InChI=1S/C15H20ClNO/c1-15(2,3)17-8-4-5-13-10-11-9-12(16)6-7-14(11)18-13/h6-7,9-10,17H,4-5,8H2,1-3H3. The van der Waals surface area contributed by atoms with Gasteiger partial charge < -0.3 is 9.73 Å². The van der Waals surface area contributed by atoms with E-state index in [0.717, 1.165) is 41.1 Å². The van der Waals surface area contributed by atoms with Gasteiger partial charge in [0.15, 0.2) is 0 Å². The fraction of sp³-hybridized carbons (Fsp3) is 0.467. The minimum absolute atomic E-state index is 0.182. The molecule has 0 saturated heterocycles. The zero-order valence-electron chi connectivity index (χ0n) is 11.2. The highest BCUT2D eigenvalue weighted by Gasteiger charge is 2.08. The second-order valence-electron chi connectivity index (χ2n) is 5.68. The fourth-order valence-corrected chi connectivity index (χ4v) is 2.10. The van der Waals surface area contributed by atoms with Crippen LogP contribution in [0.4, 0.5) is 0 Å². The van der Waals surface area contributed by atoms with E-state index in [1.807, 2.05) is 18.2 Å². The molecule has 0 saturated carbocycles. The lowest BCUT2D eigenvalue weighted by Crippen LogP contribution is -2.36. The summed E-state index contributed by atoms with van der Waals surface area (Å²) in [6.45, 7) is 7.53. The number of hydrogen-bond acceptors (Lipinski definition) is 2. The lowest BCUT2D eigenvalue weighted by atomic mass is 10.1. The van der Waals surface area contributed by atoms with Crippen LogP contribution in [-0.4, -0.2) is 12.1 Å². The molecule has 0 atom stereocenters. The molecule has 0 amide bonds. The molecular formula is C15H20ClNO. The van der Waals surface area contributed by atoms with Gasteiger partial charge in [-0.15, -0.1) is 0 Å². The van der Waals surface area contributed by atoms with Crippen molar-refractivity contribution in [2.75, 3.05) is 6.54 Å². The SMILES string of the molecule is CC(C)(C)NCCCc1cc2cc(Cl)ccc2o1. The summed E-state index contributed by atoms with van der Waals surface area (Å²) in [6, 6.07) is 7.81. The molecule has 2 nitrogen and oxygen atoms in total. The summed E-state index contributed by atoms with van der Waals surface area (Å²) in [5.41, 5.74) is 1.10. The van der Waals surface area contributed by atoms with E-state index in [0.29, 0.717) is 0 Å². The maximum atomic E-state index is 5.95. The van der Waals surface area contributed by atoms with Gasteiger partial charge in [-0.3, -0.25) is 0 Å². The van der Waals surface area contributed by atoms with E-state index in [4.69, 9.17) is 16.0 Å². The molecule has 0 bridgehead atoms. The van der Waals surface area contributed by atoms with Crippen LogP contribution in [0.2, 0.25) is 5.02 Å². The van der Waals surface area contributed by atoms with E-state index in [-0.39, 0.29) is 5.54 Å². The molecule has 98 valence electrons. The van der Waals surface area contributed by atoms with Gasteiger partial charge in [-0.05, 0) is 58.0 Å². The normalized spacial score (nSPS) is 12.2. The number of halogens is 1. The Balaban J connectivity index is 1.92. The minimum Gasteiger partial charge on any atom is -0.461 e. The Morgan fingerprint density at radius 1 is 1.22 bits per heavy atom. The van der Waals surface area contributed by atoms with Gasteiger partial charge in [0.25, 0.3) is 0 Å². The molecule has 2 aromatic rings. The Morgan fingerprint density at radius 2 is 2.00 bits per heavy atom. The zero-order valence-corrected chi connectivity index (χ0v) is 12.0. The number of aryl methyl sites for hydroxylation is 1. The van der Waals surface area contributed by atoms with Crippen molar-refractivity contribution in [2.24, 2.45) is 0 Å². The first kappa shape index (κ1) is 13.4. The van der Waals surface area contributed by atoms with Crippen molar-refractivity contribution in [1.29, 1.82) is 0 Å². The first-order chi connectivity index (χ1) is 8.44. The molecular weight excluding hydrogens is 246 g/mol. The molecule has 1 aromatic carbocycles. The lowest BCUT2D eigenvalue weighted by Gasteiger charge is -2.20. The third kappa shape index (κ3) is 3.76. The van der Waals surface area contributed by atoms with Crippen molar-refractivity contribution in [3.63, 3.8) is 0 Å². The monoisotopic (exact) mass is 265 g/mol. The number of rotatable bonds is 4. The second-order valence-corrected chi connectivity index (χ2v) is 6.11. The van der Waals surface area contributed by atoms with Crippen LogP contribution in [0.3, 0.4) is 0 Å². The molecule has 0 aliphatic rings. The van der Waals surface area contributed by atoms with Gasteiger partial charge in [-0.25, -0.2) is 0 Å². The Hall–Kier alpha value is -0.990. The Morgan fingerprint density at radius 3 is 2.72 bits per heavy atom. The van der Waals surface area contributed by atoms with Gasteiger partial charge in [0.05, 0.1) is 0 Å². The Kier molecular flexibility index (Phi) is 3.98. The van der Waals surface area contributed by atoms with E-state index in [1.54, 1.807) is 0 Å². The van der Waals surface area contributed by atoms with Gasteiger partial charge in [-0.2, -0.15) is 0 Å². The van der Waals surface area contributed by atoms with Crippen LogP contribution >= 0.6 is 11.6 Å². The van der Waals surface area contributed by atoms with E-state index in [2.05, 4.69) is 32.2 Å². The molecule has 0 aliphatic carbocycles. The highest BCUT2D eigenvalue weighted by Crippen LogP contribution is 2.23. The third-order valence-corrected chi connectivity index (χ3v) is 3.02. The Bertz CT molecular complexity index is 525. The summed E-state index contributed by atoms with van der Waals surface area (Å²) in [6.07, 6.45) is 2.03. The van der Waals surface area contributed by atoms with E-state index >= 15 is 0 Å². The predicted octanol–water partition coefficient (Wildman–Crippen LogP) is 4.41. The number of furan rings is 1. The smallest absolute Gasteiger partial charge is 0.134 e. The summed E-state index contributed by atoms with van der Waals surface area (Å²) in [5.74, 6) is 1.03. The van der Waals surface area contributed by atoms with Crippen molar-refractivity contribution < 1.29 is 4.42 Å². The largest absolute Gasteiger partial charge is 0.461 e. The first-order valence-corrected chi connectivity index (χ1v) is 6.75. The molecule has 18 heavy (non-hydrogen) atoms. The second kappa shape index (κ2) is 5.33. The van der Waals surface area contributed by atoms with Crippen LogP contribution in [0.5, 0.6) is 0 Å². The predicted molar refractivity (Wildman–Crippen MR) is 77.3 cm³/mol. The van der Waals surface area contributed by atoms with Gasteiger partial charge in [0.1, 0.15) is 11.3 Å². The van der Waals surface area contributed by atoms with E-state index < -0.39 is 0 Å². The first-order valence-electron chi connectivity index (χ1n) is 6.37. The van der Waals surface area contributed by atoms with Crippen molar-refractivity contribution in [2.45, 2.75) is 39.2 Å². The fourth-order valence-electron chi connectivity index (χ4n) is 1.92. The highest BCUT2D eigenvalue weighted by atomic mass is 35.5. The average molecular weight is 266 g/mol. The quantitative estimate of drug-likeness (QED) is 0.829. The summed E-state index contributed by atoms with van der Waals surface area (Å²) >= 11 is 5.95. The van der Waals surface area contributed by atoms with E-state index in [9.17, 15) is 0 Å². The zero-order chi connectivity index (χ0) is 13.2. The maximum Gasteiger partial charge on any atom is 0.134 e. The lowest BCUT2D eigenvalue weighted by molar-refractivity contribution is 0.416. The number of hydrogen-bond donors (Lipinski definition) is 1. The molecule has 3 heteroatoms. The van der Waals surface area contributed by atoms with Gasteiger partial charge in [-0.1, -0.05) is 11.6 Å². The molecule has 0 fully saturated rings. The Labute approximate surface area is 113 Å². The number of nitrogens with one attached hydrogen (secondary N) is 1. The molecule has 1 aromatic heterocycles. The summed E-state index contributed by atoms with van der Waals surface area (Å²) in [7, 11) is 0. The van der Waals surface area contributed by atoms with Crippen molar-refractivity contribution in [1.82, 2.24) is 5.32 Å². The summed E-state index contributed by atoms with van der Waals surface area (Å²) in [4.78, 5) is 0. The van der Waals surface area contributed by atoms with Crippen LogP contribution in [0.15, 0.2) is 28.7 Å². The molecule has 0 unspecified atom stereocenters. The average Bonchev–Trinajstić information content (AvgIpc) is 2.65.